The molecule has 0 radical (unpaired) electrons. The minimum absolute atomic E-state index is 0.0140. The number of amides is 1. The largest absolute Gasteiger partial charge is 0.465 e. The van der Waals surface area contributed by atoms with E-state index in [0.717, 1.165) is 28.5 Å². The fourth-order valence-corrected chi connectivity index (χ4v) is 3.96. The van der Waals surface area contributed by atoms with Gasteiger partial charge in [-0.05, 0) is 54.0 Å². The van der Waals surface area contributed by atoms with E-state index in [0.29, 0.717) is 17.8 Å². The summed E-state index contributed by atoms with van der Waals surface area (Å²) in [6.45, 7) is 2.58. The van der Waals surface area contributed by atoms with Crippen molar-refractivity contribution < 1.29 is 14.3 Å². The lowest BCUT2D eigenvalue weighted by Gasteiger charge is -2.07. The summed E-state index contributed by atoms with van der Waals surface area (Å²) in [6.07, 6.45) is 4.43. The summed E-state index contributed by atoms with van der Waals surface area (Å²) in [5.74, 6) is -0.846. The van der Waals surface area contributed by atoms with Gasteiger partial charge in [-0.25, -0.2) is 4.79 Å². The number of anilines is 1. The number of aromatic nitrogens is 1. The lowest BCUT2D eigenvalue weighted by molar-refractivity contribution is -0.112. The smallest absolute Gasteiger partial charge is 0.337 e. The highest BCUT2D eigenvalue weighted by molar-refractivity contribution is 6.10. The van der Waals surface area contributed by atoms with Gasteiger partial charge in [-0.2, -0.15) is 5.26 Å². The van der Waals surface area contributed by atoms with Gasteiger partial charge in [-0.3, -0.25) is 4.79 Å². The predicted molar refractivity (Wildman–Crippen MR) is 137 cm³/mol. The zero-order chi connectivity index (χ0) is 24.8. The average Bonchev–Trinajstić information content (AvgIpc) is 3.24. The van der Waals surface area contributed by atoms with Crippen LogP contribution in [0.15, 0.2) is 84.6 Å². The maximum atomic E-state index is 12.8. The molecule has 0 atom stereocenters. The summed E-state index contributed by atoms with van der Waals surface area (Å²) >= 11 is 0. The number of methoxy groups -OCH3 is 1. The number of nitrogens with zero attached hydrogens (tertiary/aromatic N) is 2. The first kappa shape index (κ1) is 23.5. The molecule has 1 heterocycles. The Hall–Kier alpha value is -4.63. The molecule has 6 nitrogen and oxygen atoms in total. The second-order valence-electron chi connectivity index (χ2n) is 8.10. The van der Waals surface area contributed by atoms with E-state index >= 15 is 0 Å². The van der Waals surface area contributed by atoms with E-state index in [1.165, 1.54) is 12.7 Å². The molecule has 0 bridgehead atoms. The number of ether oxygens (including phenoxy) is 1. The van der Waals surface area contributed by atoms with Crippen LogP contribution in [-0.4, -0.2) is 23.6 Å². The van der Waals surface area contributed by atoms with Gasteiger partial charge >= 0.3 is 5.97 Å². The predicted octanol–water partition coefficient (Wildman–Crippen LogP) is 5.58. The fraction of sp³-hybridized carbons (Fsp3) is 0.138. The molecule has 0 unspecified atom stereocenters. The van der Waals surface area contributed by atoms with Crippen molar-refractivity contribution >= 4 is 34.5 Å². The molecule has 1 aromatic heterocycles. The number of rotatable bonds is 7. The van der Waals surface area contributed by atoms with Gasteiger partial charge in [-0.15, -0.1) is 0 Å². The van der Waals surface area contributed by atoms with E-state index in [1.54, 1.807) is 18.2 Å². The molecule has 0 aliphatic heterocycles. The number of hydrogen-bond acceptors (Lipinski definition) is 4. The lowest BCUT2D eigenvalue weighted by atomic mass is 10.1. The third-order valence-electron chi connectivity index (χ3n) is 5.81. The van der Waals surface area contributed by atoms with Gasteiger partial charge in [0.2, 0.25) is 0 Å². The van der Waals surface area contributed by atoms with Crippen LogP contribution in [-0.2, 0) is 22.5 Å². The van der Waals surface area contributed by atoms with Crippen LogP contribution in [0.5, 0.6) is 0 Å². The maximum absolute atomic E-state index is 12.8. The zero-order valence-corrected chi connectivity index (χ0v) is 19.6. The van der Waals surface area contributed by atoms with Gasteiger partial charge in [0.05, 0.1) is 12.7 Å². The molecule has 1 amide bonds. The van der Waals surface area contributed by atoms with Crippen LogP contribution in [0.3, 0.4) is 0 Å². The molecule has 6 heteroatoms. The number of benzene rings is 3. The molecule has 0 spiro atoms. The molecule has 1 N–H and O–H groups in total. The summed E-state index contributed by atoms with van der Waals surface area (Å²) < 4.78 is 6.86. The molecule has 0 aliphatic carbocycles. The molecule has 3 aromatic carbocycles. The molecule has 4 rings (SSSR count). The quantitative estimate of drug-likeness (QED) is 0.220. The number of carbonyl (C=O) groups is 2. The fourth-order valence-electron chi connectivity index (χ4n) is 3.96. The van der Waals surface area contributed by atoms with Gasteiger partial charge in [0.25, 0.3) is 5.91 Å². The van der Waals surface area contributed by atoms with Crippen LogP contribution in [0.1, 0.15) is 34.0 Å². The van der Waals surface area contributed by atoms with Crippen LogP contribution in [0.25, 0.3) is 17.0 Å². The SMILES string of the molecule is CCc1ccc(NC(=O)/C(C#N)=C\c2cn(Cc3cccc(C(=O)OC)c3)c3ccccc23)cc1. The van der Waals surface area contributed by atoms with Crippen LogP contribution < -0.4 is 5.32 Å². The van der Waals surface area contributed by atoms with Crippen molar-refractivity contribution in [1.29, 1.82) is 5.26 Å². The summed E-state index contributed by atoms with van der Waals surface area (Å²) in [4.78, 5) is 24.7. The summed E-state index contributed by atoms with van der Waals surface area (Å²) in [6, 6.07) is 24.7. The summed E-state index contributed by atoms with van der Waals surface area (Å²) in [5, 5.41) is 13.4. The Morgan fingerprint density at radius 1 is 1.03 bits per heavy atom. The van der Waals surface area contributed by atoms with Crippen LogP contribution in [0.4, 0.5) is 5.69 Å². The van der Waals surface area contributed by atoms with Gasteiger partial charge in [0, 0.05) is 34.9 Å². The van der Waals surface area contributed by atoms with E-state index in [-0.39, 0.29) is 11.5 Å². The van der Waals surface area contributed by atoms with Gasteiger partial charge in [0.1, 0.15) is 11.6 Å². The normalized spacial score (nSPS) is 11.2. The molecule has 0 saturated carbocycles. The summed E-state index contributed by atoms with van der Waals surface area (Å²) in [7, 11) is 1.36. The molecule has 0 fully saturated rings. The Morgan fingerprint density at radius 2 is 1.80 bits per heavy atom. The molecular formula is C29H25N3O3. The van der Waals surface area contributed by atoms with Crippen molar-refractivity contribution in [2.75, 3.05) is 12.4 Å². The molecular weight excluding hydrogens is 438 g/mol. The second kappa shape index (κ2) is 10.5. The monoisotopic (exact) mass is 463 g/mol. The van der Waals surface area contributed by atoms with E-state index in [1.807, 2.05) is 77.5 Å². The lowest BCUT2D eigenvalue weighted by Crippen LogP contribution is -2.13. The third-order valence-corrected chi connectivity index (χ3v) is 5.81. The number of nitriles is 1. The number of aryl methyl sites for hydroxylation is 1. The summed E-state index contributed by atoms with van der Waals surface area (Å²) in [5.41, 5.74) is 4.95. The van der Waals surface area contributed by atoms with Crippen molar-refractivity contribution in [3.63, 3.8) is 0 Å². The maximum Gasteiger partial charge on any atom is 0.337 e. The second-order valence-corrected chi connectivity index (χ2v) is 8.10. The van der Waals surface area contributed by atoms with Gasteiger partial charge in [0.15, 0.2) is 0 Å². The van der Waals surface area contributed by atoms with Crippen molar-refractivity contribution in [3.8, 4) is 6.07 Å². The first-order valence-corrected chi connectivity index (χ1v) is 11.3. The van der Waals surface area contributed by atoms with Gasteiger partial charge in [-0.1, -0.05) is 49.4 Å². The number of carbonyl (C=O) groups excluding carboxylic acids is 2. The molecule has 4 aromatic rings. The highest BCUT2D eigenvalue weighted by Gasteiger charge is 2.14. The first-order chi connectivity index (χ1) is 17.0. The standard InChI is InChI=1S/C29H25N3O3/c1-3-20-11-13-25(14-12-20)31-28(33)23(17-30)16-24-19-32(27-10-5-4-9-26(24)27)18-21-7-6-8-22(15-21)29(34)35-2/h4-16,19H,3,18H2,1-2H3,(H,31,33)/b23-16-. The van der Waals surface area contributed by atoms with Crippen molar-refractivity contribution in [2.45, 2.75) is 19.9 Å². The highest BCUT2D eigenvalue weighted by atomic mass is 16.5. The van der Waals surface area contributed by atoms with E-state index in [2.05, 4.69) is 12.2 Å². The Labute approximate surface area is 204 Å². The Bertz CT molecular complexity index is 1460. The highest BCUT2D eigenvalue weighted by Crippen LogP contribution is 2.25. The number of fused-ring (bicyclic) bond motifs is 1. The third kappa shape index (κ3) is 5.31. The minimum Gasteiger partial charge on any atom is -0.465 e. The average molecular weight is 464 g/mol. The Balaban J connectivity index is 1.64. The number of esters is 1. The van der Waals surface area contributed by atoms with Gasteiger partial charge < -0.3 is 14.6 Å². The zero-order valence-electron chi connectivity index (χ0n) is 19.6. The van der Waals surface area contributed by atoms with Crippen LogP contribution in [0, 0.1) is 11.3 Å². The molecule has 35 heavy (non-hydrogen) atoms. The van der Waals surface area contributed by atoms with Crippen molar-refractivity contribution in [1.82, 2.24) is 4.57 Å². The Morgan fingerprint density at radius 3 is 2.51 bits per heavy atom. The van der Waals surface area contributed by atoms with Crippen LogP contribution in [0.2, 0.25) is 0 Å². The molecule has 0 aliphatic rings. The van der Waals surface area contributed by atoms with E-state index in [4.69, 9.17) is 4.74 Å². The van der Waals surface area contributed by atoms with E-state index < -0.39 is 5.91 Å². The topological polar surface area (TPSA) is 84.1 Å². The van der Waals surface area contributed by atoms with Crippen molar-refractivity contribution in [3.05, 3.63) is 107 Å². The first-order valence-electron chi connectivity index (χ1n) is 11.3. The molecule has 174 valence electrons. The Kier molecular flexibility index (Phi) is 7.08. The van der Waals surface area contributed by atoms with E-state index in [9.17, 15) is 14.9 Å². The minimum atomic E-state index is -0.459. The molecule has 0 saturated heterocycles. The van der Waals surface area contributed by atoms with Crippen LogP contribution >= 0.6 is 0 Å². The van der Waals surface area contributed by atoms with Crippen molar-refractivity contribution in [2.24, 2.45) is 0 Å². The number of hydrogen-bond donors (Lipinski definition) is 1. The number of nitrogens with one attached hydrogen (secondary N) is 1. The number of para-hydroxylation sites is 1.